The smallest absolute Gasteiger partial charge is 0.275 e. The van der Waals surface area contributed by atoms with Crippen molar-refractivity contribution in [1.29, 1.82) is 0 Å². The molecule has 3 aromatic heterocycles. The molecule has 0 unspecified atom stereocenters. The molecule has 7 nitrogen and oxygen atoms in total. The lowest BCUT2D eigenvalue weighted by Gasteiger charge is -2.10. The number of furan rings is 1. The molecule has 0 spiro atoms. The number of carbonyl (C=O) groups is 1. The molecule has 12 heteroatoms. The van der Waals surface area contributed by atoms with Crippen molar-refractivity contribution in [1.82, 2.24) is 19.7 Å². The van der Waals surface area contributed by atoms with Gasteiger partial charge in [0, 0.05) is 11.1 Å². The number of carbonyl (C=O) groups excluding carboxylic acids is 1. The first-order chi connectivity index (χ1) is 17.0. The third kappa shape index (κ3) is 5.25. The van der Waals surface area contributed by atoms with Gasteiger partial charge in [-0.15, -0.1) is 21.5 Å². The summed E-state index contributed by atoms with van der Waals surface area (Å²) in [4.78, 5) is 16.9. The zero-order chi connectivity index (χ0) is 24.4. The van der Waals surface area contributed by atoms with Crippen molar-refractivity contribution in [3.05, 3.63) is 92.8 Å². The van der Waals surface area contributed by atoms with E-state index in [1.54, 1.807) is 35.9 Å². The first-order valence-electron chi connectivity index (χ1n) is 10.1. The van der Waals surface area contributed by atoms with Crippen molar-refractivity contribution in [2.45, 2.75) is 10.9 Å². The Bertz CT molecular complexity index is 1490. The summed E-state index contributed by atoms with van der Waals surface area (Å²) in [7, 11) is 0. The van der Waals surface area contributed by atoms with E-state index in [-0.39, 0.29) is 17.4 Å². The molecule has 1 amide bonds. The fourth-order valence-electron chi connectivity index (χ4n) is 3.12. The number of aromatic nitrogens is 4. The quantitative estimate of drug-likeness (QED) is 0.222. The maximum Gasteiger partial charge on any atom is 0.275 e. The molecule has 0 bridgehead atoms. The van der Waals surface area contributed by atoms with Gasteiger partial charge >= 0.3 is 0 Å². The Hall–Kier alpha value is -3.18. The fraction of sp³-hybridized carbons (Fsp3) is 0.0435. The van der Waals surface area contributed by atoms with Crippen LogP contribution in [0.1, 0.15) is 15.5 Å². The first-order valence-corrected chi connectivity index (χ1v) is 12.7. The van der Waals surface area contributed by atoms with E-state index in [1.165, 1.54) is 47.4 Å². The molecule has 5 aromatic rings. The average Bonchev–Trinajstić information content (AvgIpc) is 3.61. The Kier molecular flexibility index (Phi) is 6.87. The van der Waals surface area contributed by atoms with Crippen LogP contribution in [0, 0.1) is 5.82 Å². The van der Waals surface area contributed by atoms with Gasteiger partial charge in [-0.05, 0) is 54.6 Å². The number of nitrogens with one attached hydrogen (secondary N) is 1. The Morgan fingerprint density at radius 3 is 2.69 bits per heavy atom. The van der Waals surface area contributed by atoms with Gasteiger partial charge in [-0.2, -0.15) is 0 Å². The fourth-order valence-corrected chi connectivity index (χ4v) is 5.16. The van der Waals surface area contributed by atoms with Crippen LogP contribution in [0.3, 0.4) is 0 Å². The lowest BCUT2D eigenvalue weighted by molar-refractivity contribution is 0.102. The van der Waals surface area contributed by atoms with E-state index < -0.39 is 0 Å². The molecule has 0 saturated carbocycles. The number of thiazole rings is 1. The highest BCUT2D eigenvalue weighted by Gasteiger charge is 2.20. The van der Waals surface area contributed by atoms with Crippen molar-refractivity contribution in [2.75, 3.05) is 5.32 Å². The second-order valence-corrected chi connectivity index (χ2v) is 9.79. The van der Waals surface area contributed by atoms with Crippen LogP contribution in [0.5, 0.6) is 0 Å². The van der Waals surface area contributed by atoms with Crippen LogP contribution in [-0.4, -0.2) is 25.7 Å². The van der Waals surface area contributed by atoms with Crippen LogP contribution in [0.15, 0.2) is 75.8 Å². The van der Waals surface area contributed by atoms with E-state index in [1.807, 2.05) is 10.6 Å². The van der Waals surface area contributed by atoms with Crippen molar-refractivity contribution in [3.8, 4) is 17.3 Å². The lowest BCUT2D eigenvalue weighted by Crippen LogP contribution is -2.12. The molecule has 2 aromatic carbocycles. The summed E-state index contributed by atoms with van der Waals surface area (Å²) in [5.74, 6) is 0.758. The van der Waals surface area contributed by atoms with E-state index in [0.717, 1.165) is 10.7 Å². The summed E-state index contributed by atoms with van der Waals surface area (Å²) in [5, 5.41) is 15.2. The number of hydrogen-bond donors (Lipinski definition) is 1. The standard InChI is InChI=1S/C23H14Cl2FN5O2S2/c24-16-8-7-15(10-17(16)25)31-21(19-2-1-9-33-19)29-30-23(31)35-12-20-28-18(11-34-20)22(32)27-14-5-3-13(26)4-6-14/h1-11H,12H2,(H,27,32). The van der Waals surface area contributed by atoms with Crippen LogP contribution in [-0.2, 0) is 5.75 Å². The Morgan fingerprint density at radius 1 is 1.11 bits per heavy atom. The van der Waals surface area contributed by atoms with Crippen LogP contribution in [0.2, 0.25) is 10.0 Å². The van der Waals surface area contributed by atoms with Gasteiger partial charge in [0.1, 0.15) is 16.5 Å². The number of rotatable bonds is 7. The largest absolute Gasteiger partial charge is 0.461 e. The molecule has 0 saturated heterocycles. The highest BCUT2D eigenvalue weighted by Crippen LogP contribution is 2.33. The maximum absolute atomic E-state index is 13.1. The van der Waals surface area contributed by atoms with E-state index in [2.05, 4.69) is 20.5 Å². The van der Waals surface area contributed by atoms with Gasteiger partial charge in [0.25, 0.3) is 5.91 Å². The molecule has 3 heterocycles. The molecular formula is C23H14Cl2FN5O2S2. The second-order valence-electron chi connectivity index (χ2n) is 7.09. The summed E-state index contributed by atoms with van der Waals surface area (Å²) in [6, 6.07) is 14.3. The molecule has 0 aliphatic heterocycles. The van der Waals surface area contributed by atoms with Crippen LogP contribution < -0.4 is 5.32 Å². The minimum absolute atomic E-state index is 0.275. The molecule has 1 N–H and O–H groups in total. The SMILES string of the molecule is O=C(Nc1ccc(F)cc1)c1csc(CSc2nnc(-c3ccco3)n2-c2ccc(Cl)c(Cl)c2)n1. The predicted molar refractivity (Wildman–Crippen MR) is 135 cm³/mol. The van der Waals surface area contributed by atoms with Crippen molar-refractivity contribution in [3.63, 3.8) is 0 Å². The third-order valence-electron chi connectivity index (χ3n) is 4.75. The van der Waals surface area contributed by atoms with Gasteiger partial charge in [-0.3, -0.25) is 9.36 Å². The Morgan fingerprint density at radius 2 is 1.94 bits per heavy atom. The highest BCUT2D eigenvalue weighted by molar-refractivity contribution is 7.98. The van der Waals surface area contributed by atoms with Gasteiger partial charge in [-0.1, -0.05) is 35.0 Å². The zero-order valence-corrected chi connectivity index (χ0v) is 20.8. The van der Waals surface area contributed by atoms with Gasteiger partial charge in [0.05, 0.1) is 27.7 Å². The summed E-state index contributed by atoms with van der Waals surface area (Å²) in [6.07, 6.45) is 1.56. The van der Waals surface area contributed by atoms with Crippen LogP contribution in [0.4, 0.5) is 10.1 Å². The van der Waals surface area contributed by atoms with E-state index in [9.17, 15) is 9.18 Å². The molecule has 176 valence electrons. The average molecular weight is 546 g/mol. The second kappa shape index (κ2) is 10.2. The third-order valence-corrected chi connectivity index (χ3v) is 7.46. The molecule has 0 fully saturated rings. The monoisotopic (exact) mass is 545 g/mol. The number of hydrogen-bond acceptors (Lipinski definition) is 7. The zero-order valence-electron chi connectivity index (χ0n) is 17.6. The van der Waals surface area contributed by atoms with Crippen molar-refractivity contribution >= 4 is 57.9 Å². The van der Waals surface area contributed by atoms with Gasteiger partial charge in [-0.25, -0.2) is 9.37 Å². The number of nitrogens with zero attached hydrogens (tertiary/aromatic N) is 4. The number of thioether (sulfide) groups is 1. The minimum atomic E-state index is -0.375. The van der Waals surface area contributed by atoms with E-state index in [4.69, 9.17) is 27.6 Å². The molecule has 0 aliphatic carbocycles. The highest BCUT2D eigenvalue weighted by atomic mass is 35.5. The lowest BCUT2D eigenvalue weighted by atomic mass is 10.3. The molecule has 0 aliphatic rings. The van der Waals surface area contributed by atoms with Crippen molar-refractivity contribution in [2.24, 2.45) is 0 Å². The van der Waals surface area contributed by atoms with Gasteiger partial charge in [0.15, 0.2) is 10.9 Å². The van der Waals surface area contributed by atoms with Crippen LogP contribution >= 0.6 is 46.3 Å². The Labute approximate surface area is 216 Å². The first kappa shape index (κ1) is 23.6. The number of anilines is 1. The molecule has 35 heavy (non-hydrogen) atoms. The number of halogens is 3. The molecule has 0 radical (unpaired) electrons. The maximum atomic E-state index is 13.1. The number of benzene rings is 2. The van der Waals surface area contributed by atoms with E-state index in [0.29, 0.717) is 38.2 Å². The normalized spacial score (nSPS) is 11.1. The van der Waals surface area contributed by atoms with Crippen molar-refractivity contribution < 1.29 is 13.6 Å². The molecule has 5 rings (SSSR count). The Balaban J connectivity index is 1.35. The molecule has 0 atom stereocenters. The topological polar surface area (TPSA) is 85.8 Å². The minimum Gasteiger partial charge on any atom is -0.461 e. The van der Waals surface area contributed by atoms with Gasteiger partial charge < -0.3 is 9.73 Å². The summed E-state index contributed by atoms with van der Waals surface area (Å²) in [6.45, 7) is 0. The van der Waals surface area contributed by atoms with E-state index >= 15 is 0 Å². The predicted octanol–water partition coefficient (Wildman–Crippen LogP) is 6.97. The summed E-state index contributed by atoms with van der Waals surface area (Å²) >= 11 is 15.1. The number of amides is 1. The molecular weight excluding hydrogens is 532 g/mol. The summed E-state index contributed by atoms with van der Waals surface area (Å²) in [5.41, 5.74) is 1.48. The van der Waals surface area contributed by atoms with Gasteiger partial charge in [0.2, 0.25) is 5.82 Å². The summed E-state index contributed by atoms with van der Waals surface area (Å²) < 4.78 is 20.4. The van der Waals surface area contributed by atoms with Crippen LogP contribution in [0.25, 0.3) is 17.3 Å².